The second-order valence-corrected chi connectivity index (χ2v) is 6.79. The van der Waals surface area contributed by atoms with Crippen molar-refractivity contribution in [3.05, 3.63) is 48.3 Å². The quantitative estimate of drug-likeness (QED) is 0.780. The third kappa shape index (κ3) is 5.37. The minimum absolute atomic E-state index is 0.0178. The van der Waals surface area contributed by atoms with Gasteiger partial charge in [0.1, 0.15) is 11.6 Å². The van der Waals surface area contributed by atoms with Gasteiger partial charge in [-0.15, -0.1) is 0 Å². The maximum absolute atomic E-state index is 13.1. The van der Waals surface area contributed by atoms with Crippen LogP contribution in [0.4, 0.5) is 21.5 Å². The Morgan fingerprint density at radius 3 is 2.38 bits per heavy atom. The van der Waals surface area contributed by atoms with E-state index in [0.29, 0.717) is 43.3 Å². The van der Waals surface area contributed by atoms with Crippen LogP contribution in [0.2, 0.25) is 0 Å². The maximum Gasteiger partial charge on any atom is 0.241 e. The first-order valence-electron chi connectivity index (χ1n) is 9.44. The number of benzene rings is 2. The van der Waals surface area contributed by atoms with Gasteiger partial charge in [-0.3, -0.25) is 9.59 Å². The van der Waals surface area contributed by atoms with Gasteiger partial charge in [0.2, 0.25) is 11.8 Å². The van der Waals surface area contributed by atoms with Gasteiger partial charge in [-0.05, 0) is 42.5 Å². The first-order valence-corrected chi connectivity index (χ1v) is 9.44. The van der Waals surface area contributed by atoms with Crippen LogP contribution in [0.5, 0.6) is 5.75 Å². The SMILES string of the molecule is COc1ccc(NC(C)=O)cc1NCC(=O)N1CCN(c2ccc(F)cc2)CC1. The van der Waals surface area contributed by atoms with Gasteiger partial charge in [-0.2, -0.15) is 0 Å². The number of hydrogen-bond donors (Lipinski definition) is 2. The summed E-state index contributed by atoms with van der Waals surface area (Å²) in [6.45, 7) is 4.14. The van der Waals surface area contributed by atoms with Crippen LogP contribution >= 0.6 is 0 Å². The Morgan fingerprint density at radius 2 is 1.76 bits per heavy atom. The van der Waals surface area contributed by atoms with E-state index in [2.05, 4.69) is 15.5 Å². The number of halogens is 1. The number of amides is 2. The van der Waals surface area contributed by atoms with Crippen molar-refractivity contribution in [1.29, 1.82) is 0 Å². The van der Waals surface area contributed by atoms with Gasteiger partial charge in [0.15, 0.2) is 0 Å². The molecule has 8 heteroatoms. The summed E-state index contributed by atoms with van der Waals surface area (Å²) >= 11 is 0. The highest BCUT2D eigenvalue weighted by molar-refractivity contribution is 5.90. The molecular formula is C21H25FN4O3. The number of hydrogen-bond acceptors (Lipinski definition) is 5. The zero-order valence-corrected chi connectivity index (χ0v) is 16.6. The molecule has 0 aliphatic carbocycles. The van der Waals surface area contributed by atoms with E-state index in [1.165, 1.54) is 19.1 Å². The fourth-order valence-corrected chi connectivity index (χ4v) is 3.28. The second kappa shape index (κ2) is 9.27. The smallest absolute Gasteiger partial charge is 0.241 e. The summed E-state index contributed by atoms with van der Waals surface area (Å²) in [5.41, 5.74) is 2.22. The van der Waals surface area contributed by atoms with Crippen LogP contribution in [0.1, 0.15) is 6.92 Å². The van der Waals surface area contributed by atoms with Crippen LogP contribution < -0.4 is 20.3 Å². The average molecular weight is 400 g/mol. The number of nitrogens with one attached hydrogen (secondary N) is 2. The summed E-state index contributed by atoms with van der Waals surface area (Å²) in [5.74, 6) is 0.145. The summed E-state index contributed by atoms with van der Waals surface area (Å²) in [6, 6.07) is 11.6. The van der Waals surface area contributed by atoms with Crippen LogP contribution in [0, 0.1) is 5.82 Å². The standard InChI is InChI=1S/C21H25FN4O3/c1-15(27)24-17-5-8-20(29-2)19(13-17)23-14-21(28)26-11-9-25(10-12-26)18-6-3-16(22)4-7-18/h3-8,13,23H,9-12,14H2,1-2H3,(H,24,27). The molecule has 3 rings (SSSR count). The van der Waals surface area contributed by atoms with Crippen molar-refractivity contribution < 1.29 is 18.7 Å². The van der Waals surface area contributed by atoms with Crippen molar-refractivity contribution in [3.63, 3.8) is 0 Å². The molecule has 0 bridgehead atoms. The van der Waals surface area contributed by atoms with Gasteiger partial charge in [0, 0.05) is 44.5 Å². The molecule has 29 heavy (non-hydrogen) atoms. The fourth-order valence-electron chi connectivity index (χ4n) is 3.28. The van der Waals surface area contributed by atoms with Crippen molar-refractivity contribution >= 4 is 28.9 Å². The summed E-state index contributed by atoms with van der Waals surface area (Å²) in [4.78, 5) is 27.8. The third-order valence-electron chi connectivity index (χ3n) is 4.77. The van der Waals surface area contributed by atoms with Gasteiger partial charge in [-0.1, -0.05) is 0 Å². The largest absolute Gasteiger partial charge is 0.495 e. The first kappa shape index (κ1) is 20.4. The zero-order chi connectivity index (χ0) is 20.8. The Hall–Kier alpha value is -3.29. The van der Waals surface area contributed by atoms with Crippen LogP contribution in [0.3, 0.4) is 0 Å². The molecule has 2 aromatic carbocycles. The highest BCUT2D eigenvalue weighted by Gasteiger charge is 2.21. The molecule has 1 saturated heterocycles. The Kier molecular flexibility index (Phi) is 6.54. The summed E-state index contributed by atoms with van der Waals surface area (Å²) in [6.07, 6.45) is 0. The number of ether oxygens (including phenoxy) is 1. The molecule has 2 aromatic rings. The topological polar surface area (TPSA) is 73.9 Å². The molecule has 1 fully saturated rings. The number of anilines is 3. The molecule has 0 atom stereocenters. The first-order chi connectivity index (χ1) is 14.0. The molecule has 0 unspecified atom stereocenters. The van der Waals surface area contributed by atoms with E-state index in [9.17, 15) is 14.0 Å². The van der Waals surface area contributed by atoms with Crippen LogP contribution in [-0.2, 0) is 9.59 Å². The molecule has 0 spiro atoms. The number of methoxy groups -OCH3 is 1. The molecule has 1 aliphatic rings. The summed E-state index contributed by atoms with van der Waals surface area (Å²) in [5, 5.41) is 5.81. The molecule has 0 radical (unpaired) electrons. The highest BCUT2D eigenvalue weighted by Crippen LogP contribution is 2.27. The van der Waals surface area contributed by atoms with Gasteiger partial charge in [0.25, 0.3) is 0 Å². The van der Waals surface area contributed by atoms with E-state index in [4.69, 9.17) is 4.74 Å². The fraction of sp³-hybridized carbons (Fsp3) is 0.333. The van der Waals surface area contributed by atoms with E-state index < -0.39 is 0 Å². The van der Waals surface area contributed by atoms with Gasteiger partial charge in [0.05, 0.1) is 19.3 Å². The maximum atomic E-state index is 13.1. The number of carbonyl (C=O) groups excluding carboxylic acids is 2. The van der Waals surface area contributed by atoms with Crippen LogP contribution in [0.15, 0.2) is 42.5 Å². The van der Waals surface area contributed by atoms with E-state index in [1.807, 2.05) is 0 Å². The normalized spacial score (nSPS) is 13.8. The average Bonchev–Trinajstić information content (AvgIpc) is 2.72. The number of rotatable bonds is 6. The molecule has 0 aromatic heterocycles. The Balaban J connectivity index is 1.55. The molecule has 1 aliphatic heterocycles. The van der Waals surface area contributed by atoms with Crippen molar-refractivity contribution in [1.82, 2.24) is 4.90 Å². The van der Waals surface area contributed by atoms with E-state index in [0.717, 1.165) is 5.69 Å². The number of nitrogens with zero attached hydrogens (tertiary/aromatic N) is 2. The molecule has 154 valence electrons. The Morgan fingerprint density at radius 1 is 1.07 bits per heavy atom. The second-order valence-electron chi connectivity index (χ2n) is 6.79. The number of carbonyl (C=O) groups is 2. The van der Waals surface area contributed by atoms with Gasteiger partial charge < -0.3 is 25.2 Å². The molecule has 7 nitrogen and oxygen atoms in total. The molecule has 1 heterocycles. The Bertz CT molecular complexity index is 865. The molecule has 2 amide bonds. The lowest BCUT2D eigenvalue weighted by Gasteiger charge is -2.36. The predicted molar refractivity (Wildman–Crippen MR) is 111 cm³/mol. The summed E-state index contributed by atoms with van der Waals surface area (Å²) < 4.78 is 18.4. The molecule has 2 N–H and O–H groups in total. The van der Waals surface area contributed by atoms with E-state index in [1.54, 1.807) is 42.3 Å². The van der Waals surface area contributed by atoms with E-state index >= 15 is 0 Å². The molecular weight excluding hydrogens is 375 g/mol. The predicted octanol–water partition coefficient (Wildman–Crippen LogP) is 2.55. The van der Waals surface area contributed by atoms with Crippen molar-refractivity contribution in [2.24, 2.45) is 0 Å². The van der Waals surface area contributed by atoms with Crippen molar-refractivity contribution in [3.8, 4) is 5.75 Å². The van der Waals surface area contributed by atoms with E-state index in [-0.39, 0.29) is 24.2 Å². The third-order valence-corrected chi connectivity index (χ3v) is 4.77. The minimum atomic E-state index is -0.258. The van der Waals surface area contributed by atoms with Crippen LogP contribution in [0.25, 0.3) is 0 Å². The monoisotopic (exact) mass is 400 g/mol. The zero-order valence-electron chi connectivity index (χ0n) is 16.6. The lowest BCUT2D eigenvalue weighted by molar-refractivity contribution is -0.129. The molecule has 0 saturated carbocycles. The lowest BCUT2D eigenvalue weighted by Crippen LogP contribution is -2.50. The van der Waals surface area contributed by atoms with Crippen molar-refractivity contribution in [2.75, 3.05) is 55.4 Å². The summed E-state index contributed by atoms with van der Waals surface area (Å²) in [7, 11) is 1.55. The number of piperazine rings is 1. The minimum Gasteiger partial charge on any atom is -0.495 e. The van der Waals surface area contributed by atoms with Gasteiger partial charge >= 0.3 is 0 Å². The highest BCUT2D eigenvalue weighted by atomic mass is 19.1. The van der Waals surface area contributed by atoms with Crippen LogP contribution in [-0.4, -0.2) is 56.5 Å². The lowest BCUT2D eigenvalue weighted by atomic mass is 10.2. The van der Waals surface area contributed by atoms with Crippen molar-refractivity contribution in [2.45, 2.75) is 6.92 Å². The van der Waals surface area contributed by atoms with Gasteiger partial charge in [-0.25, -0.2) is 4.39 Å². The Labute approximate surface area is 169 Å².